The smallest absolute Gasteiger partial charge is 0.179 e. The van der Waals surface area contributed by atoms with Crippen LogP contribution >= 0.6 is 11.6 Å². The zero-order valence-corrected chi connectivity index (χ0v) is 14.6. The SMILES string of the molecule is CC1(CO)CCCN(CCc2cc(Cl)c3c(c2)OCCCO3)C1. The van der Waals surface area contributed by atoms with Crippen LogP contribution in [0.5, 0.6) is 11.5 Å². The van der Waals surface area contributed by atoms with E-state index in [-0.39, 0.29) is 12.0 Å². The number of hydrogen-bond acceptors (Lipinski definition) is 4. The molecule has 0 radical (unpaired) electrons. The molecule has 1 aromatic rings. The first-order chi connectivity index (χ1) is 11.1. The molecule has 128 valence electrons. The van der Waals surface area contributed by atoms with Crippen LogP contribution < -0.4 is 9.47 Å². The normalized spacial score (nSPS) is 25.2. The molecule has 3 rings (SSSR count). The third-order valence-corrected chi connectivity index (χ3v) is 5.10. The van der Waals surface area contributed by atoms with Crippen molar-refractivity contribution in [3.8, 4) is 11.5 Å². The van der Waals surface area contributed by atoms with Crippen LogP contribution in [0.4, 0.5) is 0 Å². The number of piperidine rings is 1. The molecule has 1 aromatic carbocycles. The second kappa shape index (κ2) is 7.29. The van der Waals surface area contributed by atoms with E-state index in [4.69, 9.17) is 21.1 Å². The molecule has 1 unspecified atom stereocenters. The number of benzene rings is 1. The van der Waals surface area contributed by atoms with Gasteiger partial charge in [0.15, 0.2) is 11.5 Å². The van der Waals surface area contributed by atoms with Crippen LogP contribution in [0.3, 0.4) is 0 Å². The summed E-state index contributed by atoms with van der Waals surface area (Å²) in [6.45, 7) is 6.80. The fraction of sp³-hybridized carbons (Fsp3) is 0.667. The van der Waals surface area contributed by atoms with Gasteiger partial charge < -0.3 is 19.5 Å². The van der Waals surface area contributed by atoms with Crippen LogP contribution in [0.1, 0.15) is 31.7 Å². The summed E-state index contributed by atoms with van der Waals surface area (Å²) in [6, 6.07) is 4.05. The van der Waals surface area contributed by atoms with Crippen LogP contribution in [0.25, 0.3) is 0 Å². The molecule has 2 heterocycles. The van der Waals surface area contributed by atoms with Crippen LogP contribution in [-0.4, -0.2) is 49.5 Å². The van der Waals surface area contributed by atoms with Crippen molar-refractivity contribution in [3.63, 3.8) is 0 Å². The third-order valence-electron chi connectivity index (χ3n) is 4.82. The molecule has 1 saturated heterocycles. The lowest BCUT2D eigenvalue weighted by Crippen LogP contribution is -2.44. The van der Waals surface area contributed by atoms with Crippen LogP contribution in [0.15, 0.2) is 12.1 Å². The molecule has 5 heteroatoms. The van der Waals surface area contributed by atoms with E-state index in [1.54, 1.807) is 0 Å². The Morgan fingerprint density at radius 1 is 1.26 bits per heavy atom. The minimum absolute atomic E-state index is 0.0423. The number of rotatable bonds is 4. The lowest BCUT2D eigenvalue weighted by Gasteiger charge is -2.39. The molecule has 0 amide bonds. The predicted molar refractivity (Wildman–Crippen MR) is 91.6 cm³/mol. The number of aliphatic hydroxyl groups excluding tert-OH is 1. The highest BCUT2D eigenvalue weighted by molar-refractivity contribution is 6.32. The van der Waals surface area contributed by atoms with E-state index in [2.05, 4.69) is 17.9 Å². The molecule has 1 fully saturated rings. The second-order valence-electron chi connectivity index (χ2n) is 7.05. The number of fused-ring (bicyclic) bond motifs is 1. The van der Waals surface area contributed by atoms with Gasteiger partial charge in [-0.05, 0) is 43.5 Å². The van der Waals surface area contributed by atoms with Gasteiger partial charge in [-0.15, -0.1) is 0 Å². The van der Waals surface area contributed by atoms with Crippen LogP contribution in [-0.2, 0) is 6.42 Å². The molecular weight excluding hydrogens is 314 g/mol. The van der Waals surface area contributed by atoms with E-state index >= 15 is 0 Å². The van der Waals surface area contributed by atoms with Crippen molar-refractivity contribution in [3.05, 3.63) is 22.7 Å². The van der Waals surface area contributed by atoms with Crippen molar-refractivity contribution in [1.82, 2.24) is 4.90 Å². The highest BCUT2D eigenvalue weighted by Crippen LogP contribution is 2.38. The Hall–Kier alpha value is -0.970. The number of likely N-dealkylation sites (tertiary alicyclic amines) is 1. The number of hydrogen-bond donors (Lipinski definition) is 1. The molecule has 0 saturated carbocycles. The summed E-state index contributed by atoms with van der Waals surface area (Å²) in [5, 5.41) is 10.2. The maximum absolute atomic E-state index is 9.57. The van der Waals surface area contributed by atoms with Gasteiger partial charge in [0.2, 0.25) is 0 Å². The van der Waals surface area contributed by atoms with E-state index in [1.165, 1.54) is 5.56 Å². The lowest BCUT2D eigenvalue weighted by molar-refractivity contribution is 0.0472. The molecule has 2 aliphatic rings. The summed E-state index contributed by atoms with van der Waals surface area (Å²) in [5.41, 5.74) is 1.22. The first-order valence-electron chi connectivity index (χ1n) is 8.51. The van der Waals surface area contributed by atoms with Gasteiger partial charge in [-0.25, -0.2) is 0 Å². The van der Waals surface area contributed by atoms with Gasteiger partial charge in [0, 0.05) is 31.5 Å². The number of halogens is 1. The van der Waals surface area contributed by atoms with Gasteiger partial charge in [0.25, 0.3) is 0 Å². The molecule has 0 bridgehead atoms. The number of aliphatic hydroxyl groups is 1. The van der Waals surface area contributed by atoms with E-state index in [9.17, 15) is 5.11 Å². The zero-order valence-electron chi connectivity index (χ0n) is 13.8. The monoisotopic (exact) mass is 339 g/mol. The fourth-order valence-corrected chi connectivity index (χ4v) is 3.75. The van der Waals surface area contributed by atoms with Crippen LogP contribution in [0.2, 0.25) is 5.02 Å². The van der Waals surface area contributed by atoms with Gasteiger partial charge in [0.05, 0.1) is 18.2 Å². The number of nitrogens with zero attached hydrogens (tertiary/aromatic N) is 1. The van der Waals surface area contributed by atoms with E-state index in [0.29, 0.717) is 24.0 Å². The van der Waals surface area contributed by atoms with Gasteiger partial charge in [-0.1, -0.05) is 18.5 Å². The van der Waals surface area contributed by atoms with Crippen molar-refractivity contribution >= 4 is 11.6 Å². The Balaban J connectivity index is 1.64. The van der Waals surface area contributed by atoms with E-state index in [0.717, 1.165) is 51.1 Å². The molecule has 0 spiro atoms. The maximum atomic E-state index is 9.57. The average molecular weight is 340 g/mol. The van der Waals surface area contributed by atoms with Crippen molar-refractivity contribution in [2.45, 2.75) is 32.6 Å². The molecule has 2 aliphatic heterocycles. The standard InChI is InChI=1S/C18H26ClNO3/c1-18(13-21)5-2-6-20(12-18)7-4-14-10-15(19)17-16(11-14)22-8-3-9-23-17/h10-11,21H,2-9,12-13H2,1H3. The zero-order chi connectivity index (χ0) is 16.3. The molecule has 1 atom stereocenters. The Bertz CT molecular complexity index is 551. The molecule has 23 heavy (non-hydrogen) atoms. The average Bonchev–Trinajstić information content (AvgIpc) is 2.79. The Kier molecular flexibility index (Phi) is 5.34. The first-order valence-corrected chi connectivity index (χ1v) is 8.89. The quantitative estimate of drug-likeness (QED) is 0.915. The van der Waals surface area contributed by atoms with Crippen molar-refractivity contribution in [2.24, 2.45) is 5.41 Å². The summed E-state index contributed by atoms with van der Waals surface area (Å²) in [4.78, 5) is 2.44. The van der Waals surface area contributed by atoms with Crippen molar-refractivity contribution in [2.75, 3.05) is 39.5 Å². The van der Waals surface area contributed by atoms with Crippen molar-refractivity contribution in [1.29, 1.82) is 0 Å². The fourth-order valence-electron chi connectivity index (χ4n) is 3.46. The van der Waals surface area contributed by atoms with Gasteiger partial charge in [-0.3, -0.25) is 0 Å². The number of ether oxygens (including phenoxy) is 2. The Labute approximate surface area is 143 Å². The Morgan fingerprint density at radius 3 is 2.91 bits per heavy atom. The third kappa shape index (κ3) is 4.11. The summed E-state index contributed by atoms with van der Waals surface area (Å²) in [5.74, 6) is 1.45. The van der Waals surface area contributed by atoms with Crippen LogP contribution in [0, 0.1) is 5.41 Å². The maximum Gasteiger partial charge on any atom is 0.179 e. The minimum Gasteiger partial charge on any atom is -0.489 e. The molecule has 4 nitrogen and oxygen atoms in total. The summed E-state index contributed by atoms with van der Waals surface area (Å²) in [6.07, 6.45) is 4.07. The largest absolute Gasteiger partial charge is 0.489 e. The first kappa shape index (κ1) is 16.9. The summed E-state index contributed by atoms with van der Waals surface area (Å²) >= 11 is 6.36. The van der Waals surface area contributed by atoms with Gasteiger partial charge in [-0.2, -0.15) is 0 Å². The molecule has 1 N–H and O–H groups in total. The summed E-state index contributed by atoms with van der Waals surface area (Å²) in [7, 11) is 0. The summed E-state index contributed by atoms with van der Waals surface area (Å²) < 4.78 is 11.4. The molecule has 0 aliphatic carbocycles. The van der Waals surface area contributed by atoms with E-state index < -0.39 is 0 Å². The highest BCUT2D eigenvalue weighted by atomic mass is 35.5. The predicted octanol–water partition coefficient (Wildman–Crippen LogP) is 3.14. The Morgan fingerprint density at radius 2 is 2.09 bits per heavy atom. The van der Waals surface area contributed by atoms with E-state index in [1.807, 2.05) is 6.07 Å². The molecule has 0 aromatic heterocycles. The van der Waals surface area contributed by atoms with Crippen molar-refractivity contribution < 1.29 is 14.6 Å². The minimum atomic E-state index is 0.0423. The lowest BCUT2D eigenvalue weighted by atomic mass is 9.83. The highest BCUT2D eigenvalue weighted by Gasteiger charge is 2.30. The van der Waals surface area contributed by atoms with Gasteiger partial charge >= 0.3 is 0 Å². The van der Waals surface area contributed by atoms with Gasteiger partial charge in [0.1, 0.15) is 0 Å². The molecular formula is C18H26ClNO3. The topological polar surface area (TPSA) is 41.9 Å². The second-order valence-corrected chi connectivity index (χ2v) is 7.46.